The molecular formula is C22H39NO3S2. The molecule has 0 fully saturated rings. The van der Waals surface area contributed by atoms with Crippen LogP contribution in [0.4, 0.5) is 4.79 Å². The van der Waals surface area contributed by atoms with Crippen molar-refractivity contribution >= 4 is 27.7 Å². The van der Waals surface area contributed by atoms with Gasteiger partial charge in [0.05, 0.1) is 12.2 Å². The Balaban J connectivity index is 0.00000352. The Kier molecular flexibility index (Phi) is 12.3. The zero-order valence-corrected chi connectivity index (χ0v) is 20.9. The lowest BCUT2D eigenvalue weighted by Gasteiger charge is -2.23. The number of carbonyl (C=O) groups excluding carboxylic acids is 1. The fourth-order valence-corrected chi connectivity index (χ4v) is 4.13. The van der Waals surface area contributed by atoms with Gasteiger partial charge in [0.25, 0.3) is 0 Å². The van der Waals surface area contributed by atoms with Crippen LogP contribution < -0.4 is 4.74 Å². The molecule has 1 rings (SSSR count). The molecule has 4 nitrogen and oxygen atoms in total. The summed E-state index contributed by atoms with van der Waals surface area (Å²) in [5, 5.41) is 0.327. The first-order chi connectivity index (χ1) is 12.9. The summed E-state index contributed by atoms with van der Waals surface area (Å²) in [6, 6.07) is 7.46. The Hall–Kier alpha value is -0.850. The van der Waals surface area contributed by atoms with Gasteiger partial charge in [0.2, 0.25) is 0 Å². The molecule has 28 heavy (non-hydrogen) atoms. The van der Waals surface area contributed by atoms with Crippen molar-refractivity contribution in [1.29, 1.82) is 0 Å². The minimum Gasteiger partial charge on any atom is -0.410 e. The molecular weight excluding hydrogens is 390 g/mol. The lowest BCUT2D eigenvalue weighted by Crippen LogP contribution is -2.34. The highest BCUT2D eigenvalue weighted by Gasteiger charge is 2.18. The van der Waals surface area contributed by atoms with E-state index in [9.17, 15) is 4.79 Å². The maximum atomic E-state index is 12.3. The van der Waals surface area contributed by atoms with Crippen LogP contribution in [0.15, 0.2) is 24.3 Å². The summed E-state index contributed by atoms with van der Waals surface area (Å²) in [6.45, 7) is 19.9. The van der Waals surface area contributed by atoms with Gasteiger partial charge in [-0.25, -0.2) is 4.79 Å². The third-order valence-corrected chi connectivity index (χ3v) is 6.95. The smallest absolute Gasteiger partial charge is 0.410 e. The Bertz CT molecular complexity index is 563. The summed E-state index contributed by atoms with van der Waals surface area (Å²) >= 11 is 0. The van der Waals surface area contributed by atoms with Crippen LogP contribution in [0.25, 0.3) is 0 Å². The first kappa shape index (κ1) is 27.1. The summed E-state index contributed by atoms with van der Waals surface area (Å²) in [5.74, 6) is 0.547. The summed E-state index contributed by atoms with van der Waals surface area (Å²) in [7, 11) is 5.40. The SMILES string of the molecule is CC.CC(CN(C)C(=O)Oc1ccc(COC(C)(C)C)cc1)SSC(C)(C)C. The Morgan fingerprint density at radius 2 is 1.61 bits per heavy atom. The number of hydrogen-bond donors (Lipinski definition) is 0. The average molecular weight is 430 g/mol. The van der Waals surface area contributed by atoms with Gasteiger partial charge in [0, 0.05) is 23.6 Å². The third kappa shape index (κ3) is 13.3. The molecule has 1 unspecified atom stereocenters. The molecule has 0 saturated carbocycles. The molecule has 1 atom stereocenters. The second-order valence-corrected chi connectivity index (χ2v) is 11.9. The maximum absolute atomic E-state index is 12.3. The van der Waals surface area contributed by atoms with Gasteiger partial charge >= 0.3 is 6.09 Å². The topological polar surface area (TPSA) is 38.8 Å². The van der Waals surface area contributed by atoms with Crippen LogP contribution in [0.3, 0.4) is 0 Å². The molecule has 0 aromatic heterocycles. The number of benzene rings is 1. The van der Waals surface area contributed by atoms with Crippen molar-refractivity contribution < 1.29 is 14.3 Å². The molecule has 0 aliphatic heterocycles. The molecule has 0 heterocycles. The van der Waals surface area contributed by atoms with Crippen molar-refractivity contribution in [2.75, 3.05) is 13.6 Å². The van der Waals surface area contributed by atoms with Crippen LogP contribution in [-0.4, -0.2) is 40.2 Å². The van der Waals surface area contributed by atoms with E-state index < -0.39 is 0 Å². The number of hydrogen-bond acceptors (Lipinski definition) is 5. The first-order valence-electron chi connectivity index (χ1n) is 9.86. The van der Waals surface area contributed by atoms with Crippen molar-refractivity contribution in [3.05, 3.63) is 29.8 Å². The maximum Gasteiger partial charge on any atom is 0.415 e. The number of ether oxygens (including phenoxy) is 2. The van der Waals surface area contributed by atoms with Crippen LogP contribution in [0.1, 0.15) is 67.9 Å². The molecule has 6 heteroatoms. The van der Waals surface area contributed by atoms with E-state index >= 15 is 0 Å². The van der Waals surface area contributed by atoms with Crippen LogP contribution >= 0.6 is 21.6 Å². The Morgan fingerprint density at radius 3 is 2.07 bits per heavy atom. The van der Waals surface area contributed by atoms with Gasteiger partial charge in [0.15, 0.2) is 0 Å². The second kappa shape index (κ2) is 12.7. The predicted molar refractivity (Wildman–Crippen MR) is 125 cm³/mol. The number of nitrogens with zero attached hydrogens (tertiary/aromatic N) is 1. The van der Waals surface area contributed by atoms with Crippen LogP contribution in [0, 0.1) is 0 Å². The zero-order chi connectivity index (χ0) is 22.0. The van der Waals surface area contributed by atoms with E-state index in [0.717, 1.165) is 5.56 Å². The minimum absolute atomic E-state index is 0.173. The van der Waals surface area contributed by atoms with Gasteiger partial charge in [0.1, 0.15) is 5.75 Å². The van der Waals surface area contributed by atoms with Crippen molar-refractivity contribution in [3.63, 3.8) is 0 Å². The van der Waals surface area contributed by atoms with Gasteiger partial charge in [-0.15, -0.1) is 0 Å². The largest absolute Gasteiger partial charge is 0.415 e. The molecule has 1 aromatic rings. The fourth-order valence-electron chi connectivity index (χ4n) is 1.85. The number of amides is 1. The highest BCUT2D eigenvalue weighted by atomic mass is 33.1. The van der Waals surface area contributed by atoms with Crippen LogP contribution in [-0.2, 0) is 11.3 Å². The number of rotatable bonds is 7. The molecule has 0 bridgehead atoms. The third-order valence-electron chi connectivity index (χ3n) is 3.11. The van der Waals surface area contributed by atoms with E-state index in [-0.39, 0.29) is 16.4 Å². The lowest BCUT2D eigenvalue weighted by atomic mass is 10.2. The number of carbonyl (C=O) groups is 1. The van der Waals surface area contributed by atoms with E-state index in [1.54, 1.807) is 34.9 Å². The minimum atomic E-state index is -0.336. The van der Waals surface area contributed by atoms with Gasteiger partial charge in [-0.1, -0.05) is 75.3 Å². The molecule has 1 aromatic carbocycles. The highest BCUT2D eigenvalue weighted by molar-refractivity contribution is 8.77. The first-order valence-corrected chi connectivity index (χ1v) is 12.1. The average Bonchev–Trinajstić information content (AvgIpc) is 2.60. The second-order valence-electron chi connectivity index (χ2n) is 8.40. The Labute approximate surface area is 180 Å². The van der Waals surface area contributed by atoms with E-state index in [2.05, 4.69) is 27.7 Å². The molecule has 0 aliphatic rings. The van der Waals surface area contributed by atoms with E-state index in [0.29, 0.717) is 24.2 Å². The fraction of sp³-hybridized carbons (Fsp3) is 0.682. The van der Waals surface area contributed by atoms with Gasteiger partial charge in [-0.3, -0.25) is 0 Å². The molecule has 0 saturated heterocycles. The van der Waals surface area contributed by atoms with E-state index in [1.165, 1.54) is 0 Å². The quantitative estimate of drug-likeness (QED) is 0.435. The van der Waals surface area contributed by atoms with Crippen molar-refractivity contribution in [2.45, 2.75) is 84.5 Å². The van der Waals surface area contributed by atoms with E-state index in [1.807, 2.05) is 57.5 Å². The molecule has 0 radical (unpaired) electrons. The molecule has 0 N–H and O–H groups in total. The molecule has 1 amide bonds. The zero-order valence-electron chi connectivity index (χ0n) is 19.3. The highest BCUT2D eigenvalue weighted by Crippen LogP contribution is 2.38. The van der Waals surface area contributed by atoms with Gasteiger partial charge in [-0.2, -0.15) is 0 Å². The Morgan fingerprint density at radius 1 is 1.07 bits per heavy atom. The van der Waals surface area contributed by atoms with Gasteiger partial charge in [-0.05, 0) is 38.5 Å². The van der Waals surface area contributed by atoms with Crippen molar-refractivity contribution in [2.24, 2.45) is 0 Å². The van der Waals surface area contributed by atoms with Crippen molar-refractivity contribution in [3.8, 4) is 5.75 Å². The summed E-state index contributed by atoms with van der Waals surface area (Å²) < 4.78 is 11.4. The molecule has 162 valence electrons. The monoisotopic (exact) mass is 429 g/mol. The normalized spacial score (nSPS) is 12.6. The van der Waals surface area contributed by atoms with Crippen molar-refractivity contribution in [1.82, 2.24) is 4.90 Å². The van der Waals surface area contributed by atoms with Crippen LogP contribution in [0.5, 0.6) is 5.75 Å². The standard InChI is InChI=1S/C20H33NO3S2.C2H6/c1-15(25-26-20(5,6)7)13-21(8)18(22)24-17-11-9-16(10-12-17)14-23-19(2,3)4;1-2/h9-12,15H,13-14H2,1-8H3;1-2H3. The predicted octanol–water partition coefficient (Wildman–Crippen LogP) is 7.03. The van der Waals surface area contributed by atoms with Crippen LogP contribution in [0.2, 0.25) is 0 Å². The van der Waals surface area contributed by atoms with Gasteiger partial charge < -0.3 is 14.4 Å². The molecule has 0 spiro atoms. The summed E-state index contributed by atoms with van der Waals surface area (Å²) in [6.07, 6.45) is -0.336. The summed E-state index contributed by atoms with van der Waals surface area (Å²) in [4.78, 5) is 13.9. The summed E-state index contributed by atoms with van der Waals surface area (Å²) in [5.41, 5.74) is 0.880. The lowest BCUT2D eigenvalue weighted by molar-refractivity contribution is -0.0149. The van der Waals surface area contributed by atoms with E-state index in [4.69, 9.17) is 9.47 Å². The molecule has 0 aliphatic carbocycles.